The van der Waals surface area contributed by atoms with Gasteiger partial charge in [-0.2, -0.15) is 4.98 Å². The van der Waals surface area contributed by atoms with E-state index in [2.05, 4.69) is 28.0 Å². The van der Waals surface area contributed by atoms with E-state index in [0.717, 1.165) is 35.0 Å². The Hall–Kier alpha value is -2.90. The van der Waals surface area contributed by atoms with Crippen LogP contribution in [0.2, 0.25) is 5.02 Å². The first-order chi connectivity index (χ1) is 16.0. The number of aromatic nitrogens is 2. The fraction of sp³-hybridized carbons (Fsp3) is 0.400. The number of amides is 1. The second-order valence-electron chi connectivity index (χ2n) is 8.08. The van der Waals surface area contributed by atoms with Crippen molar-refractivity contribution >= 4 is 17.5 Å². The molecule has 2 aromatic carbocycles. The highest BCUT2D eigenvalue weighted by molar-refractivity contribution is 6.31. The lowest BCUT2D eigenvalue weighted by molar-refractivity contribution is -0.133. The number of carbonyl (C=O) groups excluding carboxylic acids is 1. The zero-order chi connectivity index (χ0) is 23.2. The summed E-state index contributed by atoms with van der Waals surface area (Å²) in [6.45, 7) is 7.78. The molecule has 1 fully saturated rings. The third kappa shape index (κ3) is 5.72. The SMILES string of the molecule is CCOc1ccc(-c2noc(CCC(=O)N3CCN(C(C)c4ccccc4Cl)CC3)n2)cc1. The Morgan fingerprint density at radius 3 is 2.55 bits per heavy atom. The number of piperazine rings is 1. The minimum Gasteiger partial charge on any atom is -0.494 e. The second kappa shape index (κ2) is 10.8. The van der Waals surface area contributed by atoms with E-state index in [9.17, 15) is 4.79 Å². The van der Waals surface area contributed by atoms with E-state index in [1.165, 1.54) is 0 Å². The predicted molar refractivity (Wildman–Crippen MR) is 127 cm³/mol. The second-order valence-corrected chi connectivity index (χ2v) is 8.49. The fourth-order valence-electron chi connectivity index (χ4n) is 4.08. The van der Waals surface area contributed by atoms with Gasteiger partial charge in [-0.3, -0.25) is 9.69 Å². The molecule has 0 aliphatic carbocycles. The average molecular weight is 469 g/mol. The topological polar surface area (TPSA) is 71.7 Å². The lowest BCUT2D eigenvalue weighted by Gasteiger charge is -2.38. The van der Waals surface area contributed by atoms with Crippen molar-refractivity contribution in [2.75, 3.05) is 32.8 Å². The van der Waals surface area contributed by atoms with Crippen molar-refractivity contribution in [1.29, 1.82) is 0 Å². The molecule has 1 amide bonds. The maximum absolute atomic E-state index is 12.7. The molecule has 4 rings (SSSR count). The molecule has 0 N–H and O–H groups in total. The summed E-state index contributed by atoms with van der Waals surface area (Å²) in [5, 5.41) is 4.83. The summed E-state index contributed by atoms with van der Waals surface area (Å²) >= 11 is 6.36. The van der Waals surface area contributed by atoms with Crippen LogP contribution in [0.1, 0.15) is 37.8 Å². The molecule has 1 atom stereocenters. The highest BCUT2D eigenvalue weighted by Gasteiger charge is 2.25. The number of nitrogens with zero attached hydrogens (tertiary/aromatic N) is 4. The van der Waals surface area contributed by atoms with Crippen LogP contribution in [-0.2, 0) is 11.2 Å². The average Bonchev–Trinajstić information content (AvgIpc) is 3.32. The van der Waals surface area contributed by atoms with Crippen molar-refractivity contribution in [2.24, 2.45) is 0 Å². The van der Waals surface area contributed by atoms with Crippen LogP contribution >= 0.6 is 11.6 Å². The van der Waals surface area contributed by atoms with E-state index in [1.807, 2.05) is 54.3 Å². The number of benzene rings is 2. The Kier molecular flexibility index (Phi) is 7.62. The summed E-state index contributed by atoms with van der Waals surface area (Å²) in [5.74, 6) is 1.90. The molecule has 8 heteroatoms. The monoisotopic (exact) mass is 468 g/mol. The molecule has 3 aromatic rings. The first-order valence-corrected chi connectivity index (χ1v) is 11.7. The summed E-state index contributed by atoms with van der Waals surface area (Å²) in [5.41, 5.74) is 1.97. The quantitative estimate of drug-likeness (QED) is 0.480. The van der Waals surface area contributed by atoms with Crippen molar-refractivity contribution in [3.05, 3.63) is 65.0 Å². The van der Waals surface area contributed by atoms with Gasteiger partial charge < -0.3 is 14.2 Å². The van der Waals surface area contributed by atoms with Gasteiger partial charge in [-0.1, -0.05) is 35.0 Å². The number of hydrogen-bond acceptors (Lipinski definition) is 6. The zero-order valence-corrected chi connectivity index (χ0v) is 19.8. The van der Waals surface area contributed by atoms with Gasteiger partial charge in [-0.15, -0.1) is 0 Å². The van der Waals surface area contributed by atoms with Crippen LogP contribution in [-0.4, -0.2) is 58.6 Å². The van der Waals surface area contributed by atoms with Crippen LogP contribution in [0.3, 0.4) is 0 Å². The van der Waals surface area contributed by atoms with E-state index < -0.39 is 0 Å². The molecule has 0 bridgehead atoms. The molecule has 1 aromatic heterocycles. The Balaban J connectivity index is 1.26. The Morgan fingerprint density at radius 2 is 1.85 bits per heavy atom. The smallest absolute Gasteiger partial charge is 0.227 e. The van der Waals surface area contributed by atoms with Crippen LogP contribution in [0.5, 0.6) is 5.75 Å². The summed E-state index contributed by atoms with van der Waals surface area (Å²) in [4.78, 5) is 21.5. The third-order valence-corrected chi connectivity index (χ3v) is 6.36. The van der Waals surface area contributed by atoms with E-state index in [-0.39, 0.29) is 11.9 Å². The van der Waals surface area contributed by atoms with Gasteiger partial charge in [0.1, 0.15) is 5.75 Å². The number of rotatable bonds is 8. The minimum absolute atomic E-state index is 0.112. The van der Waals surface area contributed by atoms with Crippen LogP contribution in [0.25, 0.3) is 11.4 Å². The van der Waals surface area contributed by atoms with E-state index in [4.69, 9.17) is 20.9 Å². The lowest BCUT2D eigenvalue weighted by atomic mass is 10.1. The molecular weight excluding hydrogens is 440 g/mol. The van der Waals surface area contributed by atoms with E-state index >= 15 is 0 Å². The van der Waals surface area contributed by atoms with E-state index in [1.54, 1.807) is 0 Å². The number of aryl methyl sites for hydroxylation is 1. The fourth-order valence-corrected chi connectivity index (χ4v) is 4.38. The minimum atomic E-state index is 0.112. The molecular formula is C25H29ClN4O3. The van der Waals surface area contributed by atoms with Crippen molar-refractivity contribution in [3.8, 4) is 17.1 Å². The van der Waals surface area contributed by atoms with Crippen molar-refractivity contribution in [3.63, 3.8) is 0 Å². The Bertz CT molecular complexity index is 1060. The zero-order valence-electron chi connectivity index (χ0n) is 19.0. The van der Waals surface area contributed by atoms with Crippen LogP contribution in [0.4, 0.5) is 0 Å². The van der Waals surface area contributed by atoms with Gasteiger partial charge in [0.15, 0.2) is 0 Å². The molecule has 33 heavy (non-hydrogen) atoms. The number of halogens is 1. The van der Waals surface area contributed by atoms with Gasteiger partial charge in [0.25, 0.3) is 0 Å². The van der Waals surface area contributed by atoms with Gasteiger partial charge in [-0.05, 0) is 49.7 Å². The molecule has 1 aliphatic rings. The van der Waals surface area contributed by atoms with Crippen molar-refractivity contribution in [2.45, 2.75) is 32.7 Å². The third-order valence-electron chi connectivity index (χ3n) is 6.01. The molecule has 0 radical (unpaired) electrons. The van der Waals surface area contributed by atoms with Crippen molar-refractivity contribution < 1.29 is 14.1 Å². The molecule has 1 saturated heterocycles. The summed E-state index contributed by atoms with van der Waals surface area (Å²) in [6.07, 6.45) is 0.782. The van der Waals surface area contributed by atoms with Gasteiger partial charge in [0, 0.05) is 55.6 Å². The number of hydrogen-bond donors (Lipinski definition) is 0. The molecule has 0 saturated carbocycles. The molecule has 2 heterocycles. The molecule has 1 unspecified atom stereocenters. The Labute approximate surface area is 199 Å². The number of carbonyl (C=O) groups is 1. The van der Waals surface area contributed by atoms with Gasteiger partial charge >= 0.3 is 0 Å². The van der Waals surface area contributed by atoms with Crippen LogP contribution in [0.15, 0.2) is 53.1 Å². The molecule has 174 valence electrons. The van der Waals surface area contributed by atoms with Gasteiger partial charge in [-0.25, -0.2) is 0 Å². The maximum atomic E-state index is 12.7. The largest absolute Gasteiger partial charge is 0.494 e. The van der Waals surface area contributed by atoms with Crippen molar-refractivity contribution in [1.82, 2.24) is 19.9 Å². The summed E-state index contributed by atoms with van der Waals surface area (Å²) in [6, 6.07) is 15.7. The lowest BCUT2D eigenvalue weighted by Crippen LogP contribution is -2.49. The number of ether oxygens (including phenoxy) is 1. The first-order valence-electron chi connectivity index (χ1n) is 11.4. The maximum Gasteiger partial charge on any atom is 0.227 e. The van der Waals surface area contributed by atoms with Gasteiger partial charge in [0.2, 0.25) is 17.6 Å². The molecule has 7 nitrogen and oxygen atoms in total. The summed E-state index contributed by atoms with van der Waals surface area (Å²) in [7, 11) is 0. The molecule has 1 aliphatic heterocycles. The van der Waals surface area contributed by atoms with Crippen LogP contribution in [0, 0.1) is 0 Å². The highest BCUT2D eigenvalue weighted by Crippen LogP contribution is 2.28. The van der Waals surface area contributed by atoms with E-state index in [0.29, 0.717) is 44.3 Å². The molecule has 0 spiro atoms. The first kappa shape index (κ1) is 23.3. The van der Waals surface area contributed by atoms with Gasteiger partial charge in [0.05, 0.1) is 6.61 Å². The predicted octanol–water partition coefficient (Wildman–Crippen LogP) is 4.63. The normalized spacial score (nSPS) is 15.4. The summed E-state index contributed by atoms with van der Waals surface area (Å²) < 4.78 is 10.8. The Morgan fingerprint density at radius 1 is 1.12 bits per heavy atom. The standard InChI is InChI=1S/C25H29ClN4O3/c1-3-32-20-10-8-19(9-11-20)25-27-23(33-28-25)12-13-24(31)30-16-14-29(15-17-30)18(2)21-6-4-5-7-22(21)26/h4-11,18H,3,12-17H2,1-2H3. The highest BCUT2D eigenvalue weighted by atomic mass is 35.5. The van der Waals surface area contributed by atoms with Crippen LogP contribution < -0.4 is 4.74 Å².